The van der Waals surface area contributed by atoms with Gasteiger partial charge in [0.05, 0.1) is 11.9 Å². The lowest BCUT2D eigenvalue weighted by Crippen LogP contribution is -2.47. The number of thioether (sulfide) groups is 1. The second-order valence-electron chi connectivity index (χ2n) is 3.46. The Hall–Kier alpha value is -1.14. The van der Waals surface area contributed by atoms with Crippen LogP contribution in [0.25, 0.3) is 0 Å². The Labute approximate surface area is 98.6 Å². The van der Waals surface area contributed by atoms with Gasteiger partial charge in [-0.25, -0.2) is 4.98 Å². The summed E-state index contributed by atoms with van der Waals surface area (Å²) >= 11 is 1.44. The highest BCUT2D eigenvalue weighted by atomic mass is 32.2. The van der Waals surface area contributed by atoms with Crippen molar-refractivity contribution in [2.75, 3.05) is 31.9 Å². The van der Waals surface area contributed by atoms with E-state index in [9.17, 15) is 4.79 Å². The Balaban J connectivity index is 1.79. The van der Waals surface area contributed by atoms with Crippen molar-refractivity contribution in [2.24, 2.45) is 0 Å². The van der Waals surface area contributed by atoms with Crippen molar-refractivity contribution < 1.29 is 4.79 Å². The number of hydrogen-bond acceptors (Lipinski definition) is 5. The number of piperazine rings is 1. The SMILES string of the molecule is O=C(CSc1cnccn1)N1CCNCC1. The van der Waals surface area contributed by atoms with Gasteiger partial charge in [-0.2, -0.15) is 0 Å². The fourth-order valence-electron chi connectivity index (χ4n) is 1.50. The van der Waals surface area contributed by atoms with E-state index in [0.717, 1.165) is 31.2 Å². The van der Waals surface area contributed by atoms with Crippen molar-refractivity contribution in [3.8, 4) is 0 Å². The van der Waals surface area contributed by atoms with Crippen molar-refractivity contribution in [3.63, 3.8) is 0 Å². The van der Waals surface area contributed by atoms with E-state index in [4.69, 9.17) is 0 Å². The van der Waals surface area contributed by atoms with Crippen molar-refractivity contribution >= 4 is 17.7 Å². The molecule has 16 heavy (non-hydrogen) atoms. The van der Waals surface area contributed by atoms with E-state index in [1.165, 1.54) is 11.8 Å². The summed E-state index contributed by atoms with van der Waals surface area (Å²) in [5.74, 6) is 0.621. The first-order valence-corrected chi connectivity index (χ1v) is 6.22. The van der Waals surface area contributed by atoms with Gasteiger partial charge in [0, 0.05) is 38.6 Å². The molecule has 0 aliphatic carbocycles. The average Bonchev–Trinajstić information content (AvgIpc) is 2.38. The lowest BCUT2D eigenvalue weighted by atomic mass is 10.3. The molecule has 1 aromatic rings. The minimum absolute atomic E-state index is 0.178. The first kappa shape index (κ1) is 11.3. The maximum absolute atomic E-state index is 11.8. The highest BCUT2D eigenvalue weighted by Gasteiger charge is 2.16. The molecule has 0 aromatic carbocycles. The Kier molecular flexibility index (Phi) is 4.12. The molecule has 0 atom stereocenters. The van der Waals surface area contributed by atoms with Crippen LogP contribution in [-0.4, -0.2) is 52.7 Å². The highest BCUT2D eigenvalue weighted by molar-refractivity contribution is 7.99. The molecule has 1 aliphatic rings. The van der Waals surface area contributed by atoms with Gasteiger partial charge in [-0.1, -0.05) is 11.8 Å². The van der Waals surface area contributed by atoms with Gasteiger partial charge in [0.25, 0.3) is 0 Å². The molecule has 1 fully saturated rings. The summed E-state index contributed by atoms with van der Waals surface area (Å²) in [6.45, 7) is 3.39. The molecule has 0 radical (unpaired) electrons. The Morgan fingerprint density at radius 2 is 2.25 bits per heavy atom. The van der Waals surface area contributed by atoms with Crippen molar-refractivity contribution in [2.45, 2.75) is 5.03 Å². The van der Waals surface area contributed by atoms with Crippen LogP contribution in [0.3, 0.4) is 0 Å². The maximum atomic E-state index is 11.8. The Bertz CT molecular complexity index is 340. The third kappa shape index (κ3) is 3.18. The van der Waals surface area contributed by atoms with Gasteiger partial charge in [-0.15, -0.1) is 0 Å². The maximum Gasteiger partial charge on any atom is 0.233 e. The van der Waals surface area contributed by atoms with Crippen LogP contribution >= 0.6 is 11.8 Å². The van der Waals surface area contributed by atoms with Gasteiger partial charge in [0.1, 0.15) is 5.03 Å². The number of nitrogens with one attached hydrogen (secondary N) is 1. The van der Waals surface area contributed by atoms with Crippen LogP contribution in [0.1, 0.15) is 0 Å². The van der Waals surface area contributed by atoms with Crippen LogP contribution in [0.5, 0.6) is 0 Å². The lowest BCUT2D eigenvalue weighted by molar-refractivity contribution is -0.128. The molecule has 0 saturated carbocycles. The van der Waals surface area contributed by atoms with Crippen LogP contribution in [-0.2, 0) is 4.79 Å². The van der Waals surface area contributed by atoms with E-state index >= 15 is 0 Å². The molecule has 1 N–H and O–H groups in total. The van der Waals surface area contributed by atoms with Gasteiger partial charge in [-0.3, -0.25) is 9.78 Å². The zero-order valence-corrected chi connectivity index (χ0v) is 9.74. The monoisotopic (exact) mass is 238 g/mol. The summed E-state index contributed by atoms with van der Waals surface area (Å²) in [6, 6.07) is 0. The molecular weight excluding hydrogens is 224 g/mol. The van der Waals surface area contributed by atoms with E-state index in [0.29, 0.717) is 5.75 Å². The Morgan fingerprint density at radius 3 is 2.94 bits per heavy atom. The number of rotatable bonds is 3. The topological polar surface area (TPSA) is 58.1 Å². The predicted octanol–water partition coefficient (Wildman–Crippen LogP) is 0.000500. The van der Waals surface area contributed by atoms with Crippen LogP contribution in [0.15, 0.2) is 23.6 Å². The molecule has 6 heteroatoms. The summed E-state index contributed by atoms with van der Waals surface area (Å²) in [6.07, 6.45) is 4.94. The summed E-state index contributed by atoms with van der Waals surface area (Å²) in [7, 11) is 0. The molecule has 1 saturated heterocycles. The van der Waals surface area contributed by atoms with Crippen LogP contribution < -0.4 is 5.32 Å². The van der Waals surface area contributed by atoms with Crippen LogP contribution in [0.2, 0.25) is 0 Å². The summed E-state index contributed by atoms with van der Waals surface area (Å²) in [5.41, 5.74) is 0. The minimum atomic E-state index is 0.178. The summed E-state index contributed by atoms with van der Waals surface area (Å²) < 4.78 is 0. The minimum Gasteiger partial charge on any atom is -0.339 e. The molecule has 1 aromatic heterocycles. The average molecular weight is 238 g/mol. The number of nitrogens with zero attached hydrogens (tertiary/aromatic N) is 3. The van der Waals surface area contributed by atoms with E-state index in [2.05, 4.69) is 15.3 Å². The fraction of sp³-hybridized carbons (Fsp3) is 0.500. The molecule has 2 rings (SSSR count). The third-order valence-electron chi connectivity index (χ3n) is 2.35. The van der Waals surface area contributed by atoms with E-state index in [-0.39, 0.29) is 5.91 Å². The molecular formula is C10H14N4OS. The van der Waals surface area contributed by atoms with E-state index < -0.39 is 0 Å². The lowest BCUT2D eigenvalue weighted by Gasteiger charge is -2.27. The first-order chi connectivity index (χ1) is 7.86. The normalized spacial score (nSPS) is 16.1. The molecule has 0 unspecified atom stereocenters. The first-order valence-electron chi connectivity index (χ1n) is 5.23. The molecule has 1 aliphatic heterocycles. The zero-order valence-electron chi connectivity index (χ0n) is 8.93. The van der Waals surface area contributed by atoms with Crippen molar-refractivity contribution in [1.82, 2.24) is 20.2 Å². The highest BCUT2D eigenvalue weighted by Crippen LogP contribution is 2.13. The molecule has 86 valence electrons. The number of amides is 1. The molecule has 2 heterocycles. The molecule has 0 spiro atoms. The van der Waals surface area contributed by atoms with Gasteiger partial charge in [0.15, 0.2) is 0 Å². The second-order valence-corrected chi connectivity index (χ2v) is 4.46. The predicted molar refractivity (Wildman–Crippen MR) is 62.2 cm³/mol. The third-order valence-corrected chi connectivity index (χ3v) is 3.25. The largest absolute Gasteiger partial charge is 0.339 e. The van der Waals surface area contributed by atoms with Gasteiger partial charge >= 0.3 is 0 Å². The molecule has 0 bridgehead atoms. The Morgan fingerprint density at radius 1 is 1.44 bits per heavy atom. The zero-order chi connectivity index (χ0) is 11.2. The van der Waals surface area contributed by atoms with Gasteiger partial charge in [0.2, 0.25) is 5.91 Å². The van der Waals surface area contributed by atoms with E-state index in [1.54, 1.807) is 18.6 Å². The fourth-order valence-corrected chi connectivity index (χ4v) is 2.23. The smallest absolute Gasteiger partial charge is 0.233 e. The summed E-state index contributed by atoms with van der Waals surface area (Å²) in [5, 5.41) is 4.02. The van der Waals surface area contributed by atoms with Crippen LogP contribution in [0.4, 0.5) is 0 Å². The second kappa shape index (κ2) is 5.81. The molecule has 1 amide bonds. The number of aromatic nitrogens is 2. The number of hydrogen-bond donors (Lipinski definition) is 1. The van der Waals surface area contributed by atoms with Gasteiger partial charge < -0.3 is 10.2 Å². The van der Waals surface area contributed by atoms with Crippen molar-refractivity contribution in [1.29, 1.82) is 0 Å². The van der Waals surface area contributed by atoms with E-state index in [1.807, 2.05) is 4.90 Å². The summed E-state index contributed by atoms with van der Waals surface area (Å²) in [4.78, 5) is 21.8. The molecule has 5 nitrogen and oxygen atoms in total. The quantitative estimate of drug-likeness (QED) is 0.751. The van der Waals surface area contributed by atoms with Gasteiger partial charge in [-0.05, 0) is 0 Å². The number of carbonyl (C=O) groups is 1. The standard InChI is InChI=1S/C10H14N4OS/c15-10(14-5-3-11-4-6-14)8-16-9-7-12-1-2-13-9/h1-2,7,11H,3-6,8H2. The van der Waals surface area contributed by atoms with Crippen LogP contribution in [0, 0.1) is 0 Å². The van der Waals surface area contributed by atoms with Crippen molar-refractivity contribution in [3.05, 3.63) is 18.6 Å². The number of carbonyl (C=O) groups excluding carboxylic acids is 1.